The number of nitrogens with zero attached hydrogens (tertiary/aromatic N) is 1. The van der Waals surface area contributed by atoms with E-state index in [0.717, 1.165) is 41.6 Å². The maximum atomic E-state index is 12.7. The van der Waals surface area contributed by atoms with Crippen molar-refractivity contribution in [3.05, 3.63) is 70.9 Å². The molecule has 5 nitrogen and oxygen atoms in total. The van der Waals surface area contributed by atoms with Crippen LogP contribution in [-0.2, 0) is 13.0 Å². The first-order valence-electron chi connectivity index (χ1n) is 11.2. The molecule has 0 bridgehead atoms. The predicted molar refractivity (Wildman–Crippen MR) is 124 cm³/mol. The first-order chi connectivity index (χ1) is 16.3. The van der Waals surface area contributed by atoms with Crippen LogP contribution in [0.15, 0.2) is 54.3 Å². The van der Waals surface area contributed by atoms with E-state index in [0.29, 0.717) is 36.4 Å². The van der Waals surface area contributed by atoms with E-state index >= 15 is 0 Å². The van der Waals surface area contributed by atoms with Gasteiger partial charge in [0.05, 0.1) is 25.2 Å². The predicted octanol–water partition coefficient (Wildman–Crippen LogP) is 5.88. The molecule has 1 unspecified atom stereocenters. The van der Waals surface area contributed by atoms with Crippen molar-refractivity contribution in [2.24, 2.45) is 0 Å². The van der Waals surface area contributed by atoms with Crippen LogP contribution >= 0.6 is 0 Å². The minimum Gasteiger partial charge on any atom is -0.492 e. The Morgan fingerprint density at radius 2 is 1.97 bits per heavy atom. The van der Waals surface area contributed by atoms with Gasteiger partial charge < -0.3 is 15.2 Å². The number of nitriles is 1. The van der Waals surface area contributed by atoms with Crippen LogP contribution in [0.5, 0.6) is 5.75 Å². The Morgan fingerprint density at radius 3 is 2.56 bits per heavy atom. The highest BCUT2D eigenvalue weighted by Gasteiger charge is 2.29. The first-order valence-corrected chi connectivity index (χ1v) is 11.2. The molecule has 3 N–H and O–H groups in total. The summed E-state index contributed by atoms with van der Waals surface area (Å²) < 4.78 is 43.8. The molecular weight excluding hydrogens is 443 g/mol. The molecule has 0 amide bonds. The van der Waals surface area contributed by atoms with Gasteiger partial charge in [-0.3, -0.25) is 5.32 Å². The van der Waals surface area contributed by atoms with Crippen LogP contribution in [0.3, 0.4) is 0 Å². The van der Waals surface area contributed by atoms with Crippen LogP contribution in [0.25, 0.3) is 11.1 Å². The minimum atomic E-state index is -4.51. The van der Waals surface area contributed by atoms with E-state index in [1.807, 2.05) is 12.1 Å². The van der Waals surface area contributed by atoms with Gasteiger partial charge in [0.25, 0.3) is 0 Å². The highest BCUT2D eigenvalue weighted by Crippen LogP contribution is 2.43. The van der Waals surface area contributed by atoms with E-state index in [4.69, 9.17) is 4.74 Å². The number of nitrogens with one attached hydrogen (secondary N) is 2. The third-order valence-corrected chi connectivity index (χ3v) is 6.22. The molecule has 0 spiro atoms. The highest BCUT2D eigenvalue weighted by molar-refractivity contribution is 5.76. The third kappa shape index (κ3) is 5.05. The largest absolute Gasteiger partial charge is 0.492 e. The Labute approximate surface area is 196 Å². The van der Waals surface area contributed by atoms with Crippen LogP contribution in [0.4, 0.5) is 18.9 Å². The zero-order valence-electron chi connectivity index (χ0n) is 18.6. The van der Waals surface area contributed by atoms with Crippen molar-refractivity contribution < 1.29 is 23.0 Å². The van der Waals surface area contributed by atoms with Crippen LogP contribution < -0.4 is 15.4 Å². The van der Waals surface area contributed by atoms with Crippen molar-refractivity contribution in [1.29, 1.82) is 5.26 Å². The molecule has 1 atom stereocenters. The average Bonchev–Trinajstić information content (AvgIpc) is 3.23. The number of benzene rings is 2. The molecule has 1 aliphatic heterocycles. The fourth-order valence-electron chi connectivity index (χ4n) is 4.48. The number of anilines is 1. The molecule has 178 valence electrons. The maximum absolute atomic E-state index is 12.7. The van der Waals surface area contributed by atoms with Crippen molar-refractivity contribution >= 4 is 5.69 Å². The van der Waals surface area contributed by atoms with Crippen molar-refractivity contribution in [2.45, 2.75) is 51.1 Å². The molecular formula is C26H26F3N3O2. The quantitative estimate of drug-likeness (QED) is 0.421. The van der Waals surface area contributed by atoms with E-state index in [9.17, 15) is 23.5 Å². The summed E-state index contributed by atoms with van der Waals surface area (Å²) in [5, 5.41) is 24.9. The molecule has 1 heterocycles. The number of allylic oxidation sites excluding steroid dienone is 2. The molecule has 0 aromatic heterocycles. The Bertz CT molecular complexity index is 1140. The van der Waals surface area contributed by atoms with E-state index < -0.39 is 12.4 Å². The second-order valence-corrected chi connectivity index (χ2v) is 8.41. The Hall–Kier alpha value is -3.44. The lowest BCUT2D eigenvalue weighted by molar-refractivity contribution is -0.0999. The lowest BCUT2D eigenvalue weighted by atomic mass is 9.88. The zero-order valence-corrected chi connectivity index (χ0v) is 18.6. The molecule has 0 saturated heterocycles. The van der Waals surface area contributed by atoms with Crippen LogP contribution in [0.1, 0.15) is 48.5 Å². The SMILES string of the molecule is C=CC(NCc1cc(-c2ccc(NC(F)(F)F)cc2)c2c(c1C(O)CC#N)CCO2)=C1CCC1. The summed E-state index contributed by atoms with van der Waals surface area (Å²) in [5.41, 5.74) is 6.02. The third-order valence-electron chi connectivity index (χ3n) is 6.22. The molecule has 1 aliphatic carbocycles. The average molecular weight is 470 g/mol. The minimum absolute atomic E-state index is 0.0496. The second-order valence-electron chi connectivity index (χ2n) is 8.41. The van der Waals surface area contributed by atoms with Gasteiger partial charge in [-0.15, -0.1) is 0 Å². The van der Waals surface area contributed by atoms with E-state index in [1.165, 1.54) is 23.0 Å². The summed E-state index contributed by atoms with van der Waals surface area (Å²) in [6, 6.07) is 9.89. The molecule has 8 heteroatoms. The lowest BCUT2D eigenvalue weighted by Gasteiger charge is -2.24. The standard InChI is InChI=1S/C26H26F3N3O2/c1-2-22(17-4-3-5-17)31-15-18-14-21(16-6-8-19(9-7-16)32-26(27,28)29)25-20(11-13-34-25)24(18)23(33)10-12-30/h2,6-9,14,23,31-33H,1,3-5,10-11,13,15H2. The summed E-state index contributed by atoms with van der Waals surface area (Å²) in [4.78, 5) is 0. The monoisotopic (exact) mass is 469 g/mol. The number of ether oxygens (including phenoxy) is 1. The lowest BCUT2D eigenvalue weighted by Crippen LogP contribution is -2.20. The van der Waals surface area contributed by atoms with Gasteiger partial charge in [-0.2, -0.15) is 18.4 Å². The fraction of sp³-hybridized carbons (Fsp3) is 0.346. The van der Waals surface area contributed by atoms with Crippen LogP contribution in [0, 0.1) is 11.3 Å². The van der Waals surface area contributed by atoms with Gasteiger partial charge in [-0.05, 0) is 65.8 Å². The van der Waals surface area contributed by atoms with Crippen molar-refractivity contribution in [2.75, 3.05) is 11.9 Å². The van der Waals surface area contributed by atoms with E-state index in [1.54, 1.807) is 18.2 Å². The summed E-state index contributed by atoms with van der Waals surface area (Å²) in [6.45, 7) is 4.75. The van der Waals surface area contributed by atoms with E-state index in [-0.39, 0.29) is 12.1 Å². The number of halogens is 3. The van der Waals surface area contributed by atoms with Gasteiger partial charge in [0.15, 0.2) is 0 Å². The van der Waals surface area contributed by atoms with Gasteiger partial charge >= 0.3 is 6.30 Å². The number of aliphatic hydroxyl groups is 1. The second kappa shape index (κ2) is 9.82. The summed E-state index contributed by atoms with van der Waals surface area (Å²) in [7, 11) is 0. The number of hydrogen-bond acceptors (Lipinski definition) is 5. The molecule has 4 rings (SSSR count). The van der Waals surface area contributed by atoms with Gasteiger partial charge in [-0.25, -0.2) is 0 Å². The smallest absolute Gasteiger partial charge is 0.482 e. The van der Waals surface area contributed by atoms with Gasteiger partial charge in [0, 0.05) is 35.5 Å². The Kier molecular flexibility index (Phi) is 6.85. The van der Waals surface area contributed by atoms with Gasteiger partial charge in [0.2, 0.25) is 0 Å². The van der Waals surface area contributed by atoms with Crippen LogP contribution in [-0.4, -0.2) is 18.0 Å². The number of alkyl halides is 3. The molecule has 2 aromatic carbocycles. The number of rotatable bonds is 8. The zero-order chi connectivity index (χ0) is 24.3. The van der Waals surface area contributed by atoms with Crippen molar-refractivity contribution in [1.82, 2.24) is 5.32 Å². The van der Waals surface area contributed by atoms with Crippen molar-refractivity contribution in [3.8, 4) is 22.9 Å². The number of fused-ring (bicyclic) bond motifs is 1. The molecule has 2 aromatic rings. The normalized spacial score (nSPS) is 15.4. The van der Waals surface area contributed by atoms with Gasteiger partial charge in [0.1, 0.15) is 5.75 Å². The van der Waals surface area contributed by atoms with Gasteiger partial charge in [-0.1, -0.05) is 18.7 Å². The number of aliphatic hydroxyl groups excluding tert-OH is 1. The summed E-state index contributed by atoms with van der Waals surface area (Å²) in [5.74, 6) is 0.605. The van der Waals surface area contributed by atoms with Crippen molar-refractivity contribution in [3.63, 3.8) is 0 Å². The number of hydrogen-bond donors (Lipinski definition) is 3. The first kappa shape index (κ1) is 23.7. The highest BCUT2D eigenvalue weighted by atomic mass is 19.4. The van der Waals surface area contributed by atoms with E-state index in [2.05, 4.69) is 11.9 Å². The molecule has 0 radical (unpaired) electrons. The Balaban J connectivity index is 1.74. The topological polar surface area (TPSA) is 77.3 Å². The maximum Gasteiger partial charge on any atom is 0.482 e. The molecule has 34 heavy (non-hydrogen) atoms. The fourth-order valence-corrected chi connectivity index (χ4v) is 4.48. The summed E-state index contributed by atoms with van der Waals surface area (Å²) in [6.07, 6.45) is 0.0567. The molecule has 1 fully saturated rings. The molecule has 2 aliphatic rings. The summed E-state index contributed by atoms with van der Waals surface area (Å²) >= 11 is 0. The van der Waals surface area contributed by atoms with Crippen LogP contribution in [0.2, 0.25) is 0 Å². The molecule has 1 saturated carbocycles. The Morgan fingerprint density at radius 1 is 1.24 bits per heavy atom.